The summed E-state index contributed by atoms with van der Waals surface area (Å²) in [6.07, 6.45) is 4.30. The minimum absolute atomic E-state index is 0.241. The van der Waals surface area contributed by atoms with E-state index in [1.165, 1.54) is 23.0 Å². The molecule has 0 aliphatic rings. The summed E-state index contributed by atoms with van der Waals surface area (Å²) in [6.45, 7) is 0. The van der Waals surface area contributed by atoms with Crippen LogP contribution in [-0.4, -0.2) is 31.5 Å². The molecule has 0 radical (unpaired) electrons. The molecule has 7 heteroatoms. The second-order valence-electron chi connectivity index (χ2n) is 2.50. The maximum atomic E-state index is 8.93. The van der Waals surface area contributed by atoms with Crippen LogP contribution < -0.4 is 5.59 Å². The quantitative estimate of drug-likeness (QED) is 0.579. The number of nitrogens with zero attached hydrogens (tertiary/aromatic N) is 3. The van der Waals surface area contributed by atoms with Gasteiger partial charge in [0.2, 0.25) is 5.78 Å². The predicted molar refractivity (Wildman–Crippen MR) is 47.8 cm³/mol. The van der Waals surface area contributed by atoms with Gasteiger partial charge in [0, 0.05) is 12.4 Å². The third-order valence-electron chi connectivity index (χ3n) is 1.63. The third-order valence-corrected chi connectivity index (χ3v) is 1.82. The first kappa shape index (κ1) is 8.49. The SMILES string of the molecule is OB(O)c1cnc2ncc(Cl)cn12. The number of rotatable bonds is 1. The fraction of sp³-hybridized carbons (Fsp3) is 0. The predicted octanol–water partition coefficient (Wildman–Crippen LogP) is -0.938. The van der Waals surface area contributed by atoms with Gasteiger partial charge in [0.25, 0.3) is 0 Å². The van der Waals surface area contributed by atoms with Gasteiger partial charge < -0.3 is 10.0 Å². The Morgan fingerprint density at radius 3 is 2.69 bits per heavy atom. The van der Waals surface area contributed by atoms with Crippen molar-refractivity contribution in [2.24, 2.45) is 0 Å². The third kappa shape index (κ3) is 1.39. The molecule has 2 heterocycles. The molecule has 0 aliphatic carbocycles. The number of fused-ring (bicyclic) bond motifs is 1. The Bertz CT molecular complexity index is 444. The molecule has 13 heavy (non-hydrogen) atoms. The minimum atomic E-state index is -1.57. The van der Waals surface area contributed by atoms with E-state index in [1.807, 2.05) is 0 Å². The van der Waals surface area contributed by atoms with Crippen LogP contribution in [0.1, 0.15) is 0 Å². The van der Waals surface area contributed by atoms with Crippen LogP contribution in [-0.2, 0) is 0 Å². The van der Waals surface area contributed by atoms with Gasteiger partial charge in [0.05, 0.1) is 16.8 Å². The standard InChI is InChI=1S/C6H5BClN3O2/c8-4-1-9-6-10-2-5(7(12)13)11(6)3-4/h1-3,12-13H. The van der Waals surface area contributed by atoms with Crippen LogP contribution in [0.3, 0.4) is 0 Å². The number of imidazole rings is 1. The van der Waals surface area contributed by atoms with Gasteiger partial charge in [-0.05, 0) is 0 Å². The van der Waals surface area contributed by atoms with Gasteiger partial charge in [0.15, 0.2) is 0 Å². The summed E-state index contributed by atoms with van der Waals surface area (Å²) in [4.78, 5) is 7.74. The van der Waals surface area contributed by atoms with Crippen LogP contribution in [0.15, 0.2) is 18.6 Å². The van der Waals surface area contributed by atoms with Crippen molar-refractivity contribution in [1.29, 1.82) is 0 Å². The fourth-order valence-electron chi connectivity index (χ4n) is 1.06. The zero-order valence-corrected chi connectivity index (χ0v) is 7.18. The average Bonchev–Trinajstić information content (AvgIpc) is 2.46. The normalized spacial score (nSPS) is 10.7. The average molecular weight is 197 g/mol. The zero-order valence-electron chi connectivity index (χ0n) is 6.42. The van der Waals surface area contributed by atoms with E-state index in [2.05, 4.69) is 9.97 Å². The fourth-order valence-corrected chi connectivity index (χ4v) is 1.21. The van der Waals surface area contributed by atoms with E-state index in [4.69, 9.17) is 21.6 Å². The van der Waals surface area contributed by atoms with Gasteiger partial charge in [0.1, 0.15) is 0 Å². The van der Waals surface area contributed by atoms with Gasteiger partial charge in [-0.25, -0.2) is 9.97 Å². The molecule has 2 aromatic heterocycles. The van der Waals surface area contributed by atoms with Crippen molar-refractivity contribution in [3.05, 3.63) is 23.6 Å². The van der Waals surface area contributed by atoms with Crippen LogP contribution in [0.2, 0.25) is 5.02 Å². The van der Waals surface area contributed by atoms with E-state index in [0.717, 1.165) is 0 Å². The number of hydrogen-bond donors (Lipinski definition) is 2. The van der Waals surface area contributed by atoms with Gasteiger partial charge in [-0.15, -0.1) is 0 Å². The molecule has 0 aromatic carbocycles. The highest BCUT2D eigenvalue weighted by Crippen LogP contribution is 2.05. The molecule has 5 nitrogen and oxygen atoms in total. The summed E-state index contributed by atoms with van der Waals surface area (Å²) in [5, 5.41) is 18.3. The number of hydrogen-bond acceptors (Lipinski definition) is 4. The van der Waals surface area contributed by atoms with Crippen molar-refractivity contribution in [3.8, 4) is 0 Å². The molecule has 0 saturated heterocycles. The van der Waals surface area contributed by atoms with E-state index in [1.54, 1.807) is 0 Å². The monoisotopic (exact) mass is 197 g/mol. The van der Waals surface area contributed by atoms with Gasteiger partial charge in [-0.2, -0.15) is 0 Å². The smallest absolute Gasteiger partial charge is 0.422 e. The highest BCUT2D eigenvalue weighted by Gasteiger charge is 2.16. The van der Waals surface area contributed by atoms with Crippen molar-refractivity contribution in [1.82, 2.24) is 14.4 Å². The Morgan fingerprint density at radius 2 is 2.00 bits per heavy atom. The Morgan fingerprint density at radius 1 is 1.31 bits per heavy atom. The van der Waals surface area contributed by atoms with E-state index in [-0.39, 0.29) is 5.59 Å². The number of aromatic nitrogens is 3. The van der Waals surface area contributed by atoms with E-state index < -0.39 is 7.12 Å². The summed E-state index contributed by atoms with van der Waals surface area (Å²) in [5.41, 5.74) is 0.241. The summed E-state index contributed by atoms with van der Waals surface area (Å²) in [6, 6.07) is 0. The lowest BCUT2D eigenvalue weighted by Crippen LogP contribution is -2.33. The lowest BCUT2D eigenvalue weighted by molar-refractivity contribution is 0.424. The molecule has 0 fully saturated rings. The molecule has 0 bridgehead atoms. The van der Waals surface area contributed by atoms with E-state index in [0.29, 0.717) is 10.8 Å². The molecule has 2 aromatic rings. The maximum absolute atomic E-state index is 8.93. The summed E-state index contributed by atoms with van der Waals surface area (Å²) < 4.78 is 1.42. The largest absolute Gasteiger partial charge is 0.508 e. The Hall–Kier alpha value is -1.11. The lowest BCUT2D eigenvalue weighted by Gasteiger charge is -1.98. The van der Waals surface area contributed by atoms with Gasteiger partial charge in [-0.1, -0.05) is 11.6 Å². The summed E-state index contributed by atoms with van der Waals surface area (Å²) in [5.74, 6) is 0.382. The van der Waals surface area contributed by atoms with Crippen molar-refractivity contribution in [3.63, 3.8) is 0 Å². The molecule has 0 saturated carbocycles. The van der Waals surface area contributed by atoms with Crippen molar-refractivity contribution >= 4 is 30.1 Å². The zero-order chi connectivity index (χ0) is 9.42. The first-order valence-electron chi connectivity index (χ1n) is 3.53. The molecule has 2 N–H and O–H groups in total. The van der Waals surface area contributed by atoms with Crippen LogP contribution in [0, 0.1) is 0 Å². The van der Waals surface area contributed by atoms with E-state index >= 15 is 0 Å². The highest BCUT2D eigenvalue weighted by molar-refractivity contribution is 6.57. The Kier molecular flexibility index (Phi) is 1.95. The molecule has 0 amide bonds. The second-order valence-corrected chi connectivity index (χ2v) is 2.94. The molecule has 0 spiro atoms. The van der Waals surface area contributed by atoms with Crippen molar-refractivity contribution in [2.45, 2.75) is 0 Å². The molecular weight excluding hydrogens is 192 g/mol. The molecule has 0 unspecified atom stereocenters. The van der Waals surface area contributed by atoms with Crippen molar-refractivity contribution < 1.29 is 10.0 Å². The molecule has 66 valence electrons. The van der Waals surface area contributed by atoms with Crippen LogP contribution in [0.5, 0.6) is 0 Å². The van der Waals surface area contributed by atoms with Crippen LogP contribution >= 0.6 is 11.6 Å². The molecule has 2 rings (SSSR count). The molecule has 0 atom stereocenters. The summed E-state index contributed by atoms with van der Waals surface area (Å²) in [7, 11) is -1.57. The Balaban J connectivity index is 2.71. The highest BCUT2D eigenvalue weighted by atomic mass is 35.5. The van der Waals surface area contributed by atoms with Crippen LogP contribution in [0.4, 0.5) is 0 Å². The van der Waals surface area contributed by atoms with E-state index in [9.17, 15) is 0 Å². The first-order chi connectivity index (χ1) is 6.18. The van der Waals surface area contributed by atoms with Gasteiger partial charge in [-0.3, -0.25) is 4.40 Å². The summed E-state index contributed by atoms with van der Waals surface area (Å²) >= 11 is 5.68. The maximum Gasteiger partial charge on any atom is 0.508 e. The first-order valence-corrected chi connectivity index (χ1v) is 3.91. The molecule has 0 aliphatic heterocycles. The Labute approximate surface area is 78.8 Å². The van der Waals surface area contributed by atoms with Gasteiger partial charge >= 0.3 is 7.12 Å². The number of halogens is 1. The second kappa shape index (κ2) is 2.99. The minimum Gasteiger partial charge on any atom is -0.422 e. The van der Waals surface area contributed by atoms with Crippen LogP contribution in [0.25, 0.3) is 5.78 Å². The van der Waals surface area contributed by atoms with Crippen molar-refractivity contribution in [2.75, 3.05) is 0 Å². The lowest BCUT2D eigenvalue weighted by atomic mass is 9.87. The topological polar surface area (TPSA) is 70.7 Å². The molecular formula is C6H5BClN3O2.